The second kappa shape index (κ2) is 15.2. The highest BCUT2D eigenvalue weighted by Crippen LogP contribution is 2.10. The molecule has 0 aliphatic heterocycles. The molecule has 0 aromatic heterocycles. The Morgan fingerprint density at radius 3 is 1.50 bits per heavy atom. The summed E-state index contributed by atoms with van der Waals surface area (Å²) in [6.07, 6.45) is 13.8. The van der Waals surface area contributed by atoms with Gasteiger partial charge in [-0.2, -0.15) is 0 Å². The maximum absolute atomic E-state index is 4.67. The minimum Gasteiger partial charge on any atom is -0.354 e. The van der Waals surface area contributed by atoms with Crippen molar-refractivity contribution in [2.75, 3.05) is 6.54 Å². The largest absolute Gasteiger partial charge is 0.354 e. The fourth-order valence-electron chi connectivity index (χ4n) is 2.47. The zero-order valence-electron chi connectivity index (χ0n) is 15.9. The van der Waals surface area contributed by atoms with Crippen LogP contribution in [0.5, 0.6) is 0 Å². The number of unbranched alkanes of at least 4 members (excludes halogenated alkanes) is 9. The van der Waals surface area contributed by atoms with Gasteiger partial charge < -0.3 is 10.6 Å². The number of rotatable bonds is 13. The summed E-state index contributed by atoms with van der Waals surface area (Å²) in [4.78, 5) is 4.67. The van der Waals surface area contributed by atoms with Crippen LogP contribution in [0.25, 0.3) is 0 Å². The van der Waals surface area contributed by atoms with Gasteiger partial charge in [0.1, 0.15) is 0 Å². The molecule has 0 atom stereocenters. The fourth-order valence-corrected chi connectivity index (χ4v) is 2.47. The number of guanidine groups is 1. The van der Waals surface area contributed by atoms with Crippen LogP contribution >= 0.6 is 0 Å². The van der Waals surface area contributed by atoms with E-state index in [4.69, 9.17) is 0 Å². The van der Waals surface area contributed by atoms with Gasteiger partial charge in [0.05, 0.1) is 0 Å². The molecule has 0 saturated heterocycles. The molecule has 22 heavy (non-hydrogen) atoms. The summed E-state index contributed by atoms with van der Waals surface area (Å²) in [5, 5.41) is 6.77. The van der Waals surface area contributed by atoms with E-state index in [1.165, 1.54) is 64.2 Å². The van der Waals surface area contributed by atoms with Gasteiger partial charge in [-0.1, -0.05) is 64.7 Å². The maximum atomic E-state index is 4.67. The summed E-state index contributed by atoms with van der Waals surface area (Å²) < 4.78 is 0. The molecule has 2 N–H and O–H groups in total. The first-order valence-electron chi connectivity index (χ1n) is 9.63. The third kappa shape index (κ3) is 15.7. The fraction of sp³-hybridized carbons (Fsp3) is 0.947. The van der Waals surface area contributed by atoms with Crippen molar-refractivity contribution in [1.82, 2.24) is 10.6 Å². The minimum absolute atomic E-state index is 0.428. The Morgan fingerprint density at radius 2 is 1.09 bits per heavy atom. The van der Waals surface area contributed by atoms with Gasteiger partial charge in [-0.25, -0.2) is 0 Å². The highest BCUT2D eigenvalue weighted by atomic mass is 15.2. The van der Waals surface area contributed by atoms with E-state index >= 15 is 0 Å². The lowest BCUT2D eigenvalue weighted by Gasteiger charge is -2.17. The Bertz CT molecular complexity index is 247. The third-order valence-electron chi connectivity index (χ3n) is 3.63. The first-order chi connectivity index (χ1) is 10.6. The Morgan fingerprint density at radius 1 is 0.682 bits per heavy atom. The van der Waals surface area contributed by atoms with Crippen LogP contribution in [0.1, 0.15) is 98.8 Å². The second-order valence-electron chi connectivity index (χ2n) is 7.01. The second-order valence-corrected chi connectivity index (χ2v) is 7.01. The van der Waals surface area contributed by atoms with Crippen molar-refractivity contribution in [3.05, 3.63) is 0 Å². The standard InChI is InChI=1S/C19H41N3/c1-6-7-8-9-10-11-12-13-14-15-16-20-19(21-17(2)3)22-18(4)5/h17-18H,6-16H2,1-5H3,(H2,20,21,22). The smallest absolute Gasteiger partial charge is 0.191 e. The predicted octanol–water partition coefficient (Wildman–Crippen LogP) is 5.26. The summed E-state index contributed by atoms with van der Waals surface area (Å²) in [5.41, 5.74) is 0. The Kier molecular flexibility index (Phi) is 14.7. The van der Waals surface area contributed by atoms with Gasteiger partial charge in [0.25, 0.3) is 0 Å². The van der Waals surface area contributed by atoms with E-state index in [1.807, 2.05) is 0 Å². The third-order valence-corrected chi connectivity index (χ3v) is 3.63. The van der Waals surface area contributed by atoms with Crippen molar-refractivity contribution in [3.8, 4) is 0 Å². The molecule has 132 valence electrons. The lowest BCUT2D eigenvalue weighted by molar-refractivity contribution is 0.557. The molecule has 0 spiro atoms. The average Bonchev–Trinajstić information content (AvgIpc) is 2.43. The molecular weight excluding hydrogens is 270 g/mol. The molecule has 3 nitrogen and oxygen atoms in total. The van der Waals surface area contributed by atoms with Crippen LogP contribution in [0.4, 0.5) is 0 Å². The Hall–Kier alpha value is -0.730. The lowest BCUT2D eigenvalue weighted by atomic mass is 10.1. The van der Waals surface area contributed by atoms with Crippen LogP contribution < -0.4 is 10.6 Å². The van der Waals surface area contributed by atoms with Crippen molar-refractivity contribution in [1.29, 1.82) is 0 Å². The van der Waals surface area contributed by atoms with Gasteiger partial charge in [-0.15, -0.1) is 0 Å². The van der Waals surface area contributed by atoms with Crippen LogP contribution in [0.3, 0.4) is 0 Å². The maximum Gasteiger partial charge on any atom is 0.191 e. The highest BCUT2D eigenvalue weighted by molar-refractivity contribution is 5.80. The lowest BCUT2D eigenvalue weighted by Crippen LogP contribution is -2.44. The first kappa shape index (κ1) is 21.3. The van der Waals surface area contributed by atoms with Crippen LogP contribution in [0.2, 0.25) is 0 Å². The monoisotopic (exact) mass is 311 g/mol. The van der Waals surface area contributed by atoms with E-state index in [0.29, 0.717) is 12.1 Å². The van der Waals surface area contributed by atoms with E-state index in [-0.39, 0.29) is 0 Å². The minimum atomic E-state index is 0.428. The molecule has 0 bridgehead atoms. The SMILES string of the molecule is CCCCCCCCCCCCN=C(NC(C)C)NC(C)C. The van der Waals surface area contributed by atoms with Crippen molar-refractivity contribution in [3.63, 3.8) is 0 Å². The molecule has 0 amide bonds. The summed E-state index contributed by atoms with van der Waals surface area (Å²) in [6.45, 7) is 11.8. The van der Waals surface area contributed by atoms with Crippen molar-refractivity contribution < 1.29 is 0 Å². The quantitative estimate of drug-likeness (QED) is 0.276. The molecule has 0 unspecified atom stereocenters. The number of nitrogens with one attached hydrogen (secondary N) is 2. The van der Waals surface area contributed by atoms with Crippen LogP contribution in [-0.4, -0.2) is 24.6 Å². The van der Waals surface area contributed by atoms with Gasteiger partial charge in [0.2, 0.25) is 0 Å². The number of aliphatic imine (C=N–C) groups is 1. The number of hydrogen-bond acceptors (Lipinski definition) is 1. The van der Waals surface area contributed by atoms with Gasteiger partial charge >= 0.3 is 0 Å². The molecule has 0 radical (unpaired) electrons. The van der Waals surface area contributed by atoms with Gasteiger partial charge in [-0.3, -0.25) is 4.99 Å². The average molecular weight is 312 g/mol. The van der Waals surface area contributed by atoms with E-state index in [9.17, 15) is 0 Å². The molecule has 0 aliphatic rings. The van der Waals surface area contributed by atoms with Crippen molar-refractivity contribution in [2.24, 2.45) is 4.99 Å². The van der Waals surface area contributed by atoms with E-state index in [0.717, 1.165) is 12.5 Å². The zero-order chi connectivity index (χ0) is 16.6. The van der Waals surface area contributed by atoms with Crippen LogP contribution in [0.15, 0.2) is 4.99 Å². The number of hydrogen-bond donors (Lipinski definition) is 2. The van der Waals surface area contributed by atoms with Crippen LogP contribution in [0, 0.1) is 0 Å². The van der Waals surface area contributed by atoms with Gasteiger partial charge in [0, 0.05) is 18.6 Å². The van der Waals surface area contributed by atoms with Crippen molar-refractivity contribution >= 4 is 5.96 Å². The van der Waals surface area contributed by atoms with E-state index < -0.39 is 0 Å². The molecule has 0 rings (SSSR count). The Balaban J connectivity index is 3.56. The normalized spacial score (nSPS) is 11.0. The topological polar surface area (TPSA) is 36.4 Å². The number of nitrogens with zero attached hydrogens (tertiary/aromatic N) is 1. The molecule has 0 aromatic rings. The molecule has 0 fully saturated rings. The van der Waals surface area contributed by atoms with Gasteiger partial charge in [0.15, 0.2) is 5.96 Å². The summed E-state index contributed by atoms with van der Waals surface area (Å²) in [7, 11) is 0. The predicted molar refractivity (Wildman–Crippen MR) is 101 cm³/mol. The molecular formula is C19H41N3. The molecule has 0 saturated carbocycles. The first-order valence-corrected chi connectivity index (χ1v) is 9.63. The van der Waals surface area contributed by atoms with Crippen LogP contribution in [-0.2, 0) is 0 Å². The highest BCUT2D eigenvalue weighted by Gasteiger charge is 2.02. The molecule has 0 aliphatic carbocycles. The molecule has 0 heterocycles. The zero-order valence-corrected chi connectivity index (χ0v) is 15.9. The summed E-state index contributed by atoms with van der Waals surface area (Å²) >= 11 is 0. The van der Waals surface area contributed by atoms with E-state index in [2.05, 4.69) is 50.2 Å². The van der Waals surface area contributed by atoms with E-state index in [1.54, 1.807) is 0 Å². The Labute approximate surface area is 139 Å². The summed E-state index contributed by atoms with van der Waals surface area (Å²) in [6, 6.07) is 0.857. The van der Waals surface area contributed by atoms with Crippen molar-refractivity contribution in [2.45, 2.75) is 111 Å². The summed E-state index contributed by atoms with van der Waals surface area (Å²) in [5.74, 6) is 0.959. The molecule has 3 heteroatoms. The molecule has 0 aromatic carbocycles. The van der Waals surface area contributed by atoms with Gasteiger partial charge in [-0.05, 0) is 34.1 Å².